The monoisotopic (exact) mass is 354 g/mol. The second kappa shape index (κ2) is 8.56. The second-order valence-electron chi connectivity index (χ2n) is 6.31. The van der Waals surface area contributed by atoms with Crippen LogP contribution in [0, 0.1) is 0 Å². The number of nitrogens with one attached hydrogen (secondary N) is 1. The van der Waals surface area contributed by atoms with E-state index in [0.717, 1.165) is 43.2 Å². The molecular formula is C20H26N4O2. The predicted octanol–water partition coefficient (Wildman–Crippen LogP) is 2.87. The Labute approximate surface area is 154 Å². The Bertz CT molecular complexity index is 742. The van der Waals surface area contributed by atoms with Crippen molar-refractivity contribution in [2.75, 3.05) is 50.1 Å². The van der Waals surface area contributed by atoms with Gasteiger partial charge in [0.05, 0.1) is 12.8 Å². The maximum Gasteiger partial charge on any atom is 0.272 e. The van der Waals surface area contributed by atoms with Crippen LogP contribution < -0.4 is 15.0 Å². The van der Waals surface area contributed by atoms with E-state index >= 15 is 0 Å². The quantitative estimate of drug-likeness (QED) is 0.864. The molecule has 2 aromatic rings. The number of piperazine rings is 1. The molecule has 138 valence electrons. The number of hydrogen-bond donors (Lipinski definition) is 1. The molecule has 1 saturated heterocycles. The molecule has 1 aromatic heterocycles. The smallest absolute Gasteiger partial charge is 0.272 e. The van der Waals surface area contributed by atoms with Gasteiger partial charge in [0.15, 0.2) is 0 Å². The number of carbonyl (C=O) groups is 1. The van der Waals surface area contributed by atoms with Crippen LogP contribution in [0.1, 0.15) is 23.8 Å². The first-order valence-electron chi connectivity index (χ1n) is 9.10. The lowest BCUT2D eigenvalue weighted by Gasteiger charge is -2.36. The number of ether oxygens (including phenoxy) is 1. The molecule has 1 aromatic carbocycles. The topological polar surface area (TPSA) is 57.7 Å². The van der Waals surface area contributed by atoms with Crippen LogP contribution in [-0.2, 0) is 0 Å². The van der Waals surface area contributed by atoms with E-state index in [9.17, 15) is 4.79 Å². The standard InChI is InChI=1S/C20H26N4O2/c1-3-9-21-16-8-10-22-17(15-16)20(25)24-13-11-23(12-14-24)18-6-4-5-7-19(18)26-2/h4-8,10,15H,3,9,11-14H2,1-2H3,(H,21,22). The lowest BCUT2D eigenvalue weighted by Crippen LogP contribution is -2.49. The summed E-state index contributed by atoms with van der Waals surface area (Å²) in [5.41, 5.74) is 2.51. The minimum atomic E-state index is -0.00942. The Morgan fingerprint density at radius 2 is 1.96 bits per heavy atom. The van der Waals surface area contributed by atoms with E-state index in [1.54, 1.807) is 13.3 Å². The lowest BCUT2D eigenvalue weighted by atomic mass is 10.2. The number of nitrogens with zero attached hydrogens (tertiary/aromatic N) is 3. The molecule has 0 aliphatic carbocycles. The number of rotatable bonds is 6. The number of methoxy groups -OCH3 is 1. The highest BCUT2D eigenvalue weighted by molar-refractivity contribution is 5.93. The molecule has 1 aliphatic rings. The van der Waals surface area contributed by atoms with Gasteiger partial charge in [-0.25, -0.2) is 0 Å². The predicted molar refractivity (Wildman–Crippen MR) is 104 cm³/mol. The SMILES string of the molecule is CCCNc1ccnc(C(=O)N2CCN(c3ccccc3OC)CC2)c1. The molecule has 1 fully saturated rings. The fraction of sp³-hybridized carbons (Fsp3) is 0.400. The van der Waals surface area contributed by atoms with Crippen molar-refractivity contribution in [1.29, 1.82) is 0 Å². The number of aromatic nitrogens is 1. The minimum Gasteiger partial charge on any atom is -0.495 e. The van der Waals surface area contributed by atoms with Crippen molar-refractivity contribution in [3.05, 3.63) is 48.3 Å². The molecule has 0 bridgehead atoms. The van der Waals surface area contributed by atoms with Crippen LogP contribution in [-0.4, -0.2) is 55.6 Å². The summed E-state index contributed by atoms with van der Waals surface area (Å²) in [4.78, 5) is 21.2. The van der Waals surface area contributed by atoms with Crippen molar-refractivity contribution in [2.24, 2.45) is 0 Å². The average Bonchev–Trinajstić information content (AvgIpc) is 2.72. The minimum absolute atomic E-state index is 0.00942. The Balaban J connectivity index is 1.63. The molecule has 0 saturated carbocycles. The Hall–Kier alpha value is -2.76. The van der Waals surface area contributed by atoms with Crippen molar-refractivity contribution in [3.8, 4) is 5.75 Å². The van der Waals surface area contributed by atoms with Gasteiger partial charge in [0.1, 0.15) is 11.4 Å². The van der Waals surface area contributed by atoms with E-state index in [1.807, 2.05) is 35.2 Å². The first-order valence-corrected chi connectivity index (χ1v) is 9.10. The van der Waals surface area contributed by atoms with Gasteiger partial charge in [-0.15, -0.1) is 0 Å². The Morgan fingerprint density at radius 3 is 2.69 bits per heavy atom. The molecule has 6 nitrogen and oxygen atoms in total. The van der Waals surface area contributed by atoms with E-state index in [2.05, 4.69) is 28.2 Å². The molecule has 1 N–H and O–H groups in total. The number of anilines is 2. The largest absolute Gasteiger partial charge is 0.495 e. The molecule has 26 heavy (non-hydrogen) atoms. The van der Waals surface area contributed by atoms with Gasteiger partial charge in [-0.05, 0) is 30.7 Å². The van der Waals surface area contributed by atoms with Gasteiger partial charge in [-0.1, -0.05) is 19.1 Å². The highest BCUT2D eigenvalue weighted by atomic mass is 16.5. The summed E-state index contributed by atoms with van der Waals surface area (Å²) in [6, 6.07) is 11.7. The third kappa shape index (κ3) is 4.07. The number of para-hydroxylation sites is 2. The van der Waals surface area contributed by atoms with Crippen LogP contribution in [0.3, 0.4) is 0 Å². The fourth-order valence-corrected chi connectivity index (χ4v) is 3.13. The molecule has 0 spiro atoms. The fourth-order valence-electron chi connectivity index (χ4n) is 3.13. The van der Waals surface area contributed by atoms with Gasteiger partial charge in [0.2, 0.25) is 0 Å². The van der Waals surface area contributed by atoms with E-state index < -0.39 is 0 Å². The number of carbonyl (C=O) groups excluding carboxylic acids is 1. The van der Waals surface area contributed by atoms with Crippen molar-refractivity contribution in [1.82, 2.24) is 9.88 Å². The zero-order chi connectivity index (χ0) is 18.4. The van der Waals surface area contributed by atoms with Crippen molar-refractivity contribution in [3.63, 3.8) is 0 Å². The summed E-state index contributed by atoms with van der Waals surface area (Å²) in [6.45, 7) is 5.90. The van der Waals surface area contributed by atoms with Gasteiger partial charge in [0.25, 0.3) is 5.91 Å². The van der Waals surface area contributed by atoms with Gasteiger partial charge in [-0.3, -0.25) is 9.78 Å². The highest BCUT2D eigenvalue weighted by Gasteiger charge is 2.24. The normalized spacial score (nSPS) is 14.2. The maximum absolute atomic E-state index is 12.8. The van der Waals surface area contributed by atoms with Crippen molar-refractivity contribution < 1.29 is 9.53 Å². The molecule has 0 unspecified atom stereocenters. The zero-order valence-electron chi connectivity index (χ0n) is 15.4. The molecule has 2 heterocycles. The number of amides is 1. The van der Waals surface area contributed by atoms with Crippen LogP contribution in [0.25, 0.3) is 0 Å². The first kappa shape index (κ1) is 18.0. The molecule has 3 rings (SSSR count). The van der Waals surface area contributed by atoms with E-state index in [4.69, 9.17) is 4.74 Å². The third-order valence-corrected chi connectivity index (χ3v) is 4.55. The average molecular weight is 354 g/mol. The Morgan fingerprint density at radius 1 is 1.19 bits per heavy atom. The third-order valence-electron chi connectivity index (χ3n) is 4.55. The molecule has 0 atom stereocenters. The first-order chi connectivity index (χ1) is 12.7. The zero-order valence-corrected chi connectivity index (χ0v) is 15.4. The molecule has 1 aliphatic heterocycles. The van der Waals surface area contributed by atoms with Gasteiger partial charge >= 0.3 is 0 Å². The van der Waals surface area contributed by atoms with E-state index in [1.165, 1.54) is 0 Å². The van der Waals surface area contributed by atoms with Crippen molar-refractivity contribution >= 4 is 17.3 Å². The number of benzene rings is 1. The molecule has 0 radical (unpaired) electrons. The van der Waals surface area contributed by atoms with E-state index in [0.29, 0.717) is 18.8 Å². The van der Waals surface area contributed by atoms with Gasteiger partial charge in [-0.2, -0.15) is 0 Å². The molecule has 1 amide bonds. The highest BCUT2D eigenvalue weighted by Crippen LogP contribution is 2.28. The van der Waals surface area contributed by atoms with E-state index in [-0.39, 0.29) is 5.91 Å². The number of pyridine rings is 1. The van der Waals surface area contributed by atoms with Gasteiger partial charge < -0.3 is 19.9 Å². The maximum atomic E-state index is 12.8. The van der Waals surface area contributed by atoms with Crippen LogP contribution in [0.4, 0.5) is 11.4 Å². The van der Waals surface area contributed by atoms with Gasteiger partial charge in [0, 0.05) is 44.6 Å². The van der Waals surface area contributed by atoms with Crippen molar-refractivity contribution in [2.45, 2.75) is 13.3 Å². The van der Waals surface area contributed by atoms with Crippen LogP contribution in [0.15, 0.2) is 42.6 Å². The summed E-state index contributed by atoms with van der Waals surface area (Å²) >= 11 is 0. The Kier molecular flexibility index (Phi) is 5.94. The van der Waals surface area contributed by atoms with Crippen LogP contribution in [0.5, 0.6) is 5.75 Å². The van der Waals surface area contributed by atoms with Crippen LogP contribution in [0.2, 0.25) is 0 Å². The number of hydrogen-bond acceptors (Lipinski definition) is 5. The summed E-state index contributed by atoms with van der Waals surface area (Å²) in [7, 11) is 1.68. The summed E-state index contributed by atoms with van der Waals surface area (Å²) in [5.74, 6) is 0.855. The molecule has 6 heteroatoms. The lowest BCUT2D eigenvalue weighted by molar-refractivity contribution is 0.0741. The summed E-state index contributed by atoms with van der Waals surface area (Å²) in [5, 5.41) is 3.30. The van der Waals surface area contributed by atoms with Crippen LogP contribution >= 0.6 is 0 Å². The molecular weight excluding hydrogens is 328 g/mol. The summed E-state index contributed by atoms with van der Waals surface area (Å²) in [6.07, 6.45) is 2.73. The second-order valence-corrected chi connectivity index (χ2v) is 6.31. The summed E-state index contributed by atoms with van der Waals surface area (Å²) < 4.78 is 5.45.